The molecule has 32 heavy (non-hydrogen) atoms. The fourth-order valence-corrected chi connectivity index (χ4v) is 3.53. The third-order valence-corrected chi connectivity index (χ3v) is 5.19. The number of H-pyrrole nitrogens is 1. The molecule has 0 aliphatic heterocycles. The van der Waals surface area contributed by atoms with Crippen LogP contribution in [0.4, 0.5) is 0 Å². The van der Waals surface area contributed by atoms with Crippen molar-refractivity contribution in [2.24, 2.45) is 4.99 Å². The minimum Gasteiger partial charge on any atom is -0.444 e. The van der Waals surface area contributed by atoms with E-state index < -0.39 is 0 Å². The van der Waals surface area contributed by atoms with Crippen molar-refractivity contribution < 1.29 is 4.42 Å². The summed E-state index contributed by atoms with van der Waals surface area (Å²) in [5, 5.41) is 8.02. The second-order valence-corrected chi connectivity index (χ2v) is 7.56. The Hall–Kier alpha value is -2.81. The molecule has 0 atom stereocenters. The maximum Gasteiger partial charge on any atom is 0.226 e. The summed E-state index contributed by atoms with van der Waals surface area (Å²) in [6.07, 6.45) is 5.47. The molecule has 4 rings (SSSR count). The molecule has 0 fully saturated rings. The van der Waals surface area contributed by atoms with Crippen LogP contribution in [0.2, 0.25) is 0 Å². The van der Waals surface area contributed by atoms with Gasteiger partial charge in [0.1, 0.15) is 6.26 Å². The van der Waals surface area contributed by atoms with Gasteiger partial charge >= 0.3 is 0 Å². The van der Waals surface area contributed by atoms with Crippen LogP contribution in [0.1, 0.15) is 23.7 Å². The molecule has 0 saturated carbocycles. The topological polar surface area (TPSA) is 78.2 Å². The predicted octanol–water partition coefficient (Wildman–Crippen LogP) is 5.09. The van der Waals surface area contributed by atoms with Crippen LogP contribution in [0.5, 0.6) is 0 Å². The summed E-state index contributed by atoms with van der Waals surface area (Å²) in [4.78, 5) is 12.6. The van der Waals surface area contributed by atoms with Crippen LogP contribution in [0.15, 0.2) is 70.4 Å². The molecule has 0 bridgehead atoms. The van der Waals surface area contributed by atoms with Gasteiger partial charge in [-0.2, -0.15) is 0 Å². The average Bonchev–Trinajstić information content (AvgIpc) is 3.42. The van der Waals surface area contributed by atoms with Gasteiger partial charge < -0.3 is 20.0 Å². The van der Waals surface area contributed by atoms with E-state index in [0.717, 1.165) is 43.1 Å². The molecular formula is C25H30IN5O. The third kappa shape index (κ3) is 6.12. The van der Waals surface area contributed by atoms with Crippen LogP contribution in [0, 0.1) is 6.92 Å². The number of nitrogens with one attached hydrogen (secondary N) is 3. The second-order valence-electron chi connectivity index (χ2n) is 7.56. The number of hydrogen-bond acceptors (Lipinski definition) is 3. The molecule has 0 spiro atoms. The molecule has 3 N–H and O–H groups in total. The Balaban J connectivity index is 0.00000289. The van der Waals surface area contributed by atoms with E-state index in [1.165, 1.54) is 22.0 Å². The standard InChI is InChI=1S/C25H29N5O.HI/c1-3-26-25(27-14-12-20-16-29-23-7-5-4-6-22(20)23)28-15-13-21-17-31-24(30-21)19-10-8-18(2)9-11-19;/h4-11,16-17,29H,3,12-15H2,1-2H3,(H2,26,27,28);1H. The average molecular weight is 543 g/mol. The summed E-state index contributed by atoms with van der Waals surface area (Å²) in [7, 11) is 0. The van der Waals surface area contributed by atoms with Gasteiger partial charge in [0.05, 0.1) is 5.69 Å². The fraction of sp³-hybridized carbons (Fsp3) is 0.280. The number of hydrogen-bond donors (Lipinski definition) is 3. The van der Waals surface area contributed by atoms with Crippen molar-refractivity contribution in [1.29, 1.82) is 0 Å². The minimum absolute atomic E-state index is 0. The molecule has 2 heterocycles. The van der Waals surface area contributed by atoms with Gasteiger partial charge in [-0.25, -0.2) is 4.98 Å². The van der Waals surface area contributed by atoms with Gasteiger partial charge in [-0.3, -0.25) is 4.99 Å². The third-order valence-electron chi connectivity index (χ3n) is 5.19. The lowest BCUT2D eigenvalue weighted by Gasteiger charge is -2.10. The van der Waals surface area contributed by atoms with E-state index in [1.54, 1.807) is 6.26 Å². The number of aryl methyl sites for hydroxylation is 1. The first kappa shape index (κ1) is 23.8. The number of halogens is 1. The first-order valence-corrected chi connectivity index (χ1v) is 10.8. The van der Waals surface area contributed by atoms with Crippen LogP contribution in [0.25, 0.3) is 22.4 Å². The smallest absolute Gasteiger partial charge is 0.226 e. The molecule has 7 heteroatoms. The summed E-state index contributed by atoms with van der Waals surface area (Å²) >= 11 is 0. The highest BCUT2D eigenvalue weighted by atomic mass is 127. The van der Waals surface area contributed by atoms with Crippen molar-refractivity contribution in [2.45, 2.75) is 26.7 Å². The lowest BCUT2D eigenvalue weighted by molar-refractivity contribution is 0.572. The second kappa shape index (κ2) is 11.7. The lowest BCUT2D eigenvalue weighted by Crippen LogP contribution is -2.38. The number of aromatic nitrogens is 2. The Bertz CT molecular complexity index is 1150. The SMILES string of the molecule is CCNC(=NCCc1coc(-c2ccc(C)cc2)n1)NCCc1c[nH]c2ccccc12.I. The van der Waals surface area contributed by atoms with Crippen molar-refractivity contribution in [2.75, 3.05) is 19.6 Å². The molecule has 2 aromatic carbocycles. The highest BCUT2D eigenvalue weighted by Crippen LogP contribution is 2.19. The molecule has 0 aliphatic rings. The molecule has 2 aromatic heterocycles. The number of benzene rings is 2. The molecule has 0 radical (unpaired) electrons. The summed E-state index contributed by atoms with van der Waals surface area (Å²) in [6.45, 7) is 6.42. The number of rotatable bonds is 8. The zero-order valence-electron chi connectivity index (χ0n) is 18.5. The van der Waals surface area contributed by atoms with Gasteiger partial charge in [0, 0.05) is 48.7 Å². The van der Waals surface area contributed by atoms with E-state index in [9.17, 15) is 0 Å². The van der Waals surface area contributed by atoms with E-state index >= 15 is 0 Å². The Kier molecular flexibility index (Phi) is 8.72. The van der Waals surface area contributed by atoms with E-state index in [-0.39, 0.29) is 24.0 Å². The predicted molar refractivity (Wildman–Crippen MR) is 142 cm³/mol. The van der Waals surface area contributed by atoms with E-state index in [2.05, 4.69) is 82.0 Å². The lowest BCUT2D eigenvalue weighted by atomic mass is 10.1. The maximum absolute atomic E-state index is 5.64. The largest absolute Gasteiger partial charge is 0.444 e. The van der Waals surface area contributed by atoms with Gasteiger partial charge in [-0.05, 0) is 44.0 Å². The van der Waals surface area contributed by atoms with Crippen LogP contribution in [0.3, 0.4) is 0 Å². The number of oxazole rings is 1. The molecule has 0 saturated heterocycles. The maximum atomic E-state index is 5.64. The molecule has 0 amide bonds. The number of aromatic amines is 1. The minimum atomic E-state index is 0. The van der Waals surface area contributed by atoms with Crippen molar-refractivity contribution >= 4 is 40.8 Å². The summed E-state index contributed by atoms with van der Waals surface area (Å²) in [5.74, 6) is 1.48. The highest BCUT2D eigenvalue weighted by Gasteiger charge is 2.07. The quantitative estimate of drug-likeness (QED) is 0.164. The Morgan fingerprint density at radius 3 is 2.69 bits per heavy atom. The molecule has 6 nitrogen and oxygen atoms in total. The number of fused-ring (bicyclic) bond motifs is 1. The van der Waals surface area contributed by atoms with Gasteiger partial charge in [0.2, 0.25) is 5.89 Å². The van der Waals surface area contributed by atoms with Crippen LogP contribution in [-0.2, 0) is 12.8 Å². The zero-order valence-corrected chi connectivity index (χ0v) is 20.9. The van der Waals surface area contributed by atoms with Gasteiger partial charge in [0.15, 0.2) is 5.96 Å². The van der Waals surface area contributed by atoms with Crippen LogP contribution >= 0.6 is 24.0 Å². The summed E-state index contributed by atoms with van der Waals surface area (Å²) in [5.41, 5.74) is 5.61. The number of aliphatic imine (C=N–C) groups is 1. The van der Waals surface area contributed by atoms with Gasteiger partial charge in [-0.15, -0.1) is 24.0 Å². The molecular weight excluding hydrogens is 513 g/mol. The first-order chi connectivity index (χ1) is 15.2. The van der Waals surface area contributed by atoms with Crippen molar-refractivity contribution in [3.05, 3.63) is 77.8 Å². The van der Waals surface area contributed by atoms with Crippen LogP contribution < -0.4 is 10.6 Å². The number of nitrogens with zero attached hydrogens (tertiary/aromatic N) is 2. The first-order valence-electron chi connectivity index (χ1n) is 10.8. The van der Waals surface area contributed by atoms with E-state index in [4.69, 9.17) is 4.42 Å². The van der Waals surface area contributed by atoms with E-state index in [0.29, 0.717) is 12.4 Å². The van der Waals surface area contributed by atoms with Crippen molar-refractivity contribution in [1.82, 2.24) is 20.6 Å². The fourth-order valence-electron chi connectivity index (χ4n) is 3.53. The van der Waals surface area contributed by atoms with E-state index in [1.807, 2.05) is 12.1 Å². The monoisotopic (exact) mass is 543 g/mol. The highest BCUT2D eigenvalue weighted by molar-refractivity contribution is 14.0. The van der Waals surface area contributed by atoms with Gasteiger partial charge in [0.25, 0.3) is 0 Å². The number of guanidine groups is 1. The normalized spacial score (nSPS) is 11.4. The Morgan fingerprint density at radius 1 is 1.06 bits per heavy atom. The number of para-hydroxylation sites is 1. The zero-order chi connectivity index (χ0) is 21.5. The molecule has 0 unspecified atom stereocenters. The summed E-state index contributed by atoms with van der Waals surface area (Å²) < 4.78 is 5.64. The van der Waals surface area contributed by atoms with Crippen molar-refractivity contribution in [3.8, 4) is 11.5 Å². The van der Waals surface area contributed by atoms with Crippen LogP contribution in [-0.4, -0.2) is 35.6 Å². The molecule has 0 aliphatic carbocycles. The van der Waals surface area contributed by atoms with Crippen molar-refractivity contribution in [3.63, 3.8) is 0 Å². The Morgan fingerprint density at radius 2 is 1.88 bits per heavy atom. The van der Waals surface area contributed by atoms with Gasteiger partial charge in [-0.1, -0.05) is 35.9 Å². The molecule has 4 aromatic rings. The Labute approximate surface area is 206 Å². The molecule has 168 valence electrons. The summed E-state index contributed by atoms with van der Waals surface area (Å²) in [6, 6.07) is 16.6.